The molecule has 0 aliphatic heterocycles. The molecule has 1 atom stereocenters. The zero-order chi connectivity index (χ0) is 49.7. The first-order valence-electron chi connectivity index (χ1n) is 26.5. The van der Waals surface area contributed by atoms with Gasteiger partial charge in [0.05, 0.1) is 16.8 Å². The van der Waals surface area contributed by atoms with Crippen LogP contribution in [0.4, 0.5) is 17.1 Å². The van der Waals surface area contributed by atoms with Gasteiger partial charge in [-0.2, -0.15) is 0 Å². The van der Waals surface area contributed by atoms with Gasteiger partial charge in [0.25, 0.3) is 0 Å². The molecule has 1 unspecified atom stereocenters. The van der Waals surface area contributed by atoms with Crippen LogP contribution in [0.3, 0.4) is 0 Å². The molecule has 0 N–H and O–H groups in total. The fraction of sp³-hybridized carbons (Fsp3) is 0.0685. The van der Waals surface area contributed by atoms with Crippen molar-refractivity contribution in [2.45, 2.75) is 31.1 Å². The van der Waals surface area contributed by atoms with Crippen LogP contribution in [-0.4, -0.2) is 0 Å². The molecule has 1 aromatic heterocycles. The van der Waals surface area contributed by atoms with Crippen LogP contribution in [-0.2, 0) is 5.41 Å². The lowest BCUT2D eigenvalue weighted by molar-refractivity contribution is 0.670. The SMILES string of the molecule is C1=CC(C2(c3ccccc3)C3=C(CCC=C3)c3ccc(-c4ccc(N(c5ccccc5-c5ccccc5-c5ccccc5-c5ccccc5)c5ccccc5-c5cccc6c5oc5ccccc56)cc4)cc32)=CCC1. The second-order valence-corrected chi connectivity index (χ2v) is 20.0. The zero-order valence-electron chi connectivity index (χ0n) is 41.7. The summed E-state index contributed by atoms with van der Waals surface area (Å²) in [6, 6.07) is 88.8. The maximum Gasteiger partial charge on any atom is 0.143 e. The third kappa shape index (κ3) is 7.39. The number of furan rings is 1. The van der Waals surface area contributed by atoms with Crippen LogP contribution in [0, 0.1) is 0 Å². The Morgan fingerprint density at radius 2 is 0.960 bits per heavy atom. The summed E-state index contributed by atoms with van der Waals surface area (Å²) in [5.41, 5.74) is 24.5. The van der Waals surface area contributed by atoms with E-state index in [2.05, 4.69) is 272 Å². The highest BCUT2D eigenvalue weighted by Crippen LogP contribution is 2.59. The molecule has 14 rings (SSSR count). The van der Waals surface area contributed by atoms with Crippen molar-refractivity contribution in [1.82, 2.24) is 0 Å². The first kappa shape index (κ1) is 44.5. The molecular formula is C73H53NO. The van der Waals surface area contributed by atoms with Crippen LogP contribution in [0.5, 0.6) is 0 Å². The van der Waals surface area contributed by atoms with Crippen molar-refractivity contribution in [3.63, 3.8) is 0 Å². The van der Waals surface area contributed by atoms with Crippen LogP contribution in [0.1, 0.15) is 42.4 Å². The minimum Gasteiger partial charge on any atom is -0.455 e. The third-order valence-electron chi connectivity index (χ3n) is 15.9. The summed E-state index contributed by atoms with van der Waals surface area (Å²) in [6.45, 7) is 0. The van der Waals surface area contributed by atoms with Crippen molar-refractivity contribution < 1.29 is 4.42 Å². The molecule has 75 heavy (non-hydrogen) atoms. The molecule has 3 aliphatic rings. The van der Waals surface area contributed by atoms with E-state index in [1.54, 1.807) is 0 Å². The minimum atomic E-state index is -0.388. The summed E-state index contributed by atoms with van der Waals surface area (Å²) >= 11 is 0. The van der Waals surface area contributed by atoms with Gasteiger partial charge in [-0.3, -0.25) is 0 Å². The van der Waals surface area contributed by atoms with Gasteiger partial charge in [0.1, 0.15) is 11.2 Å². The summed E-state index contributed by atoms with van der Waals surface area (Å²) < 4.78 is 6.77. The summed E-state index contributed by atoms with van der Waals surface area (Å²) in [6.07, 6.45) is 16.3. The first-order chi connectivity index (χ1) is 37.2. The molecule has 2 heteroatoms. The number of nitrogens with zero attached hydrogens (tertiary/aromatic N) is 1. The molecule has 0 saturated carbocycles. The van der Waals surface area contributed by atoms with Gasteiger partial charge >= 0.3 is 0 Å². The molecule has 356 valence electrons. The molecule has 0 amide bonds. The lowest BCUT2D eigenvalue weighted by atomic mass is 9.64. The van der Waals surface area contributed by atoms with E-state index in [4.69, 9.17) is 4.42 Å². The highest BCUT2D eigenvalue weighted by Gasteiger charge is 2.48. The Bertz CT molecular complexity index is 4110. The molecule has 3 aliphatic carbocycles. The Kier molecular flexibility index (Phi) is 11.1. The van der Waals surface area contributed by atoms with E-state index in [9.17, 15) is 0 Å². The second-order valence-electron chi connectivity index (χ2n) is 20.0. The van der Waals surface area contributed by atoms with Gasteiger partial charge in [-0.05, 0) is 134 Å². The lowest BCUT2D eigenvalue weighted by Crippen LogP contribution is -2.30. The van der Waals surface area contributed by atoms with E-state index in [1.165, 1.54) is 66.8 Å². The van der Waals surface area contributed by atoms with Gasteiger partial charge < -0.3 is 9.32 Å². The van der Waals surface area contributed by atoms with Crippen LogP contribution in [0.15, 0.2) is 289 Å². The summed E-state index contributed by atoms with van der Waals surface area (Å²) in [7, 11) is 0. The number of anilines is 3. The van der Waals surface area contributed by atoms with Gasteiger partial charge in [-0.25, -0.2) is 0 Å². The molecule has 2 nitrogen and oxygen atoms in total. The molecule has 0 fully saturated rings. The van der Waals surface area contributed by atoms with Gasteiger partial charge in [-0.1, -0.05) is 237 Å². The smallest absolute Gasteiger partial charge is 0.143 e. The molecule has 10 aromatic carbocycles. The van der Waals surface area contributed by atoms with E-state index in [-0.39, 0.29) is 5.41 Å². The molecule has 0 radical (unpaired) electrons. The Hall–Kier alpha value is -9.24. The normalized spacial score (nSPS) is 15.8. The maximum absolute atomic E-state index is 6.77. The second kappa shape index (κ2) is 18.7. The number of hydrogen-bond donors (Lipinski definition) is 0. The van der Waals surface area contributed by atoms with Gasteiger partial charge in [0.15, 0.2) is 0 Å². The Balaban J connectivity index is 0.952. The number of rotatable bonds is 10. The average molecular weight is 960 g/mol. The average Bonchev–Trinajstić information content (AvgIpc) is 4.13. The van der Waals surface area contributed by atoms with E-state index < -0.39 is 0 Å². The van der Waals surface area contributed by atoms with Crippen molar-refractivity contribution in [2.24, 2.45) is 0 Å². The molecular weight excluding hydrogens is 907 g/mol. The monoisotopic (exact) mass is 959 g/mol. The number of hydrogen-bond acceptors (Lipinski definition) is 2. The predicted octanol–water partition coefficient (Wildman–Crippen LogP) is 20.1. The number of benzene rings is 10. The van der Waals surface area contributed by atoms with Crippen molar-refractivity contribution in [3.8, 4) is 55.6 Å². The number of allylic oxidation sites excluding steroid dienone is 8. The molecule has 0 saturated heterocycles. The summed E-state index contributed by atoms with van der Waals surface area (Å²) in [5, 5.41) is 2.22. The topological polar surface area (TPSA) is 16.4 Å². The summed E-state index contributed by atoms with van der Waals surface area (Å²) in [5.74, 6) is 0. The molecule has 0 bridgehead atoms. The fourth-order valence-electron chi connectivity index (χ4n) is 12.6. The van der Waals surface area contributed by atoms with E-state index in [1.807, 2.05) is 6.07 Å². The van der Waals surface area contributed by atoms with Crippen molar-refractivity contribution in [1.29, 1.82) is 0 Å². The number of para-hydroxylation sites is 4. The highest BCUT2D eigenvalue weighted by atomic mass is 16.3. The minimum absolute atomic E-state index is 0.388. The highest BCUT2D eigenvalue weighted by molar-refractivity contribution is 6.11. The fourth-order valence-corrected chi connectivity index (χ4v) is 12.6. The van der Waals surface area contributed by atoms with Crippen LogP contribution in [0.25, 0.3) is 83.1 Å². The number of fused-ring (bicyclic) bond motifs is 5. The van der Waals surface area contributed by atoms with Crippen molar-refractivity contribution in [3.05, 3.63) is 301 Å². The standard InChI is InChI=1S/C73H53NO/c1-4-23-51(24-5-1)56-29-10-11-30-57(56)58-31-12-13-32-59(58)62-34-15-19-40-69(62)74(70-41-20-16-35-63(70)65-37-22-38-66-64-36-17-21-42-71(64)75-72(65)66)55-46-43-50(44-47-55)52-45-48-61-60-33-14-18-39-67(60)73(68(61)49-52,53-25-6-2-7-26-53)54-27-8-3-9-28-54/h1-2,4-8,10-13,15-32,34-49H,3,9,14,33H2. The molecule has 1 heterocycles. The Morgan fingerprint density at radius 3 is 1.69 bits per heavy atom. The largest absolute Gasteiger partial charge is 0.455 e. The van der Waals surface area contributed by atoms with Gasteiger partial charge in [0.2, 0.25) is 0 Å². The lowest BCUT2D eigenvalue weighted by Gasteiger charge is -2.37. The first-order valence-corrected chi connectivity index (χ1v) is 26.5. The third-order valence-corrected chi connectivity index (χ3v) is 15.9. The van der Waals surface area contributed by atoms with Gasteiger partial charge in [-0.15, -0.1) is 0 Å². The van der Waals surface area contributed by atoms with Crippen molar-refractivity contribution >= 4 is 44.6 Å². The summed E-state index contributed by atoms with van der Waals surface area (Å²) in [4.78, 5) is 2.46. The van der Waals surface area contributed by atoms with Crippen LogP contribution in [0.2, 0.25) is 0 Å². The Labute approximate surface area is 439 Å². The van der Waals surface area contributed by atoms with E-state index in [0.717, 1.165) is 86.9 Å². The quantitative estimate of drug-likeness (QED) is 0.136. The van der Waals surface area contributed by atoms with Crippen molar-refractivity contribution in [2.75, 3.05) is 4.90 Å². The molecule has 0 spiro atoms. The van der Waals surface area contributed by atoms with Crippen LogP contribution >= 0.6 is 0 Å². The molecule has 11 aromatic rings. The zero-order valence-corrected chi connectivity index (χ0v) is 41.7. The predicted molar refractivity (Wildman–Crippen MR) is 315 cm³/mol. The van der Waals surface area contributed by atoms with E-state index >= 15 is 0 Å². The maximum atomic E-state index is 6.77. The Morgan fingerprint density at radius 1 is 0.387 bits per heavy atom. The van der Waals surface area contributed by atoms with Gasteiger partial charge in [0, 0.05) is 33.2 Å². The van der Waals surface area contributed by atoms with Crippen LogP contribution < -0.4 is 4.90 Å². The van der Waals surface area contributed by atoms with E-state index in [0.29, 0.717) is 0 Å².